The van der Waals surface area contributed by atoms with Gasteiger partial charge in [-0.3, -0.25) is 0 Å². The van der Waals surface area contributed by atoms with Crippen molar-refractivity contribution in [2.75, 3.05) is 0 Å². The summed E-state index contributed by atoms with van der Waals surface area (Å²) in [6.07, 6.45) is 7.95. The van der Waals surface area contributed by atoms with Gasteiger partial charge in [0.25, 0.3) is 0 Å². The van der Waals surface area contributed by atoms with Gasteiger partial charge in [0.05, 0.1) is 22.9 Å². The van der Waals surface area contributed by atoms with E-state index in [4.69, 9.17) is 0 Å². The van der Waals surface area contributed by atoms with Gasteiger partial charge >= 0.3 is 0 Å². The van der Waals surface area contributed by atoms with Crippen LogP contribution in [0.5, 0.6) is 0 Å². The first kappa shape index (κ1) is 10.5. The SMILES string of the molecule is CC(/C=C\I)=C/C=C/NI. The molecule has 0 bridgehead atoms. The van der Waals surface area contributed by atoms with E-state index >= 15 is 0 Å². The third-order valence-electron chi connectivity index (χ3n) is 0.844. The van der Waals surface area contributed by atoms with E-state index in [0.29, 0.717) is 0 Å². The maximum Gasteiger partial charge on any atom is 0.0555 e. The van der Waals surface area contributed by atoms with Crippen LogP contribution in [0.3, 0.4) is 0 Å². The molecule has 0 aromatic carbocycles. The standard InChI is InChI=1S/C7H9I2N/c1-7(4-5-8)3-2-6-10-9/h2-6,10H,1H3/b5-4-,6-2+,7-3-. The molecule has 0 radical (unpaired) electrons. The van der Waals surface area contributed by atoms with E-state index in [9.17, 15) is 0 Å². The highest BCUT2D eigenvalue weighted by Gasteiger charge is 1.74. The van der Waals surface area contributed by atoms with Gasteiger partial charge in [0.1, 0.15) is 0 Å². The van der Waals surface area contributed by atoms with Gasteiger partial charge < -0.3 is 3.53 Å². The lowest BCUT2D eigenvalue weighted by molar-refractivity contribution is 1.47. The monoisotopic (exact) mass is 361 g/mol. The zero-order valence-corrected chi connectivity index (χ0v) is 9.96. The molecule has 0 rings (SSSR count). The maximum absolute atomic E-state index is 2.88. The van der Waals surface area contributed by atoms with Gasteiger partial charge in [-0.2, -0.15) is 0 Å². The smallest absolute Gasteiger partial charge is 0.0555 e. The molecule has 0 fully saturated rings. The van der Waals surface area contributed by atoms with Crippen molar-refractivity contribution < 1.29 is 0 Å². The van der Waals surface area contributed by atoms with E-state index in [2.05, 4.69) is 62.0 Å². The highest BCUT2D eigenvalue weighted by atomic mass is 127. The zero-order valence-electron chi connectivity index (χ0n) is 5.64. The fourth-order valence-electron chi connectivity index (χ4n) is 0.391. The average molecular weight is 361 g/mol. The Hall–Kier alpha value is 0.480. The van der Waals surface area contributed by atoms with Crippen LogP contribution in [0.4, 0.5) is 0 Å². The summed E-state index contributed by atoms with van der Waals surface area (Å²) in [6.45, 7) is 2.06. The Bertz CT molecular complexity index is 159. The lowest BCUT2D eigenvalue weighted by atomic mass is 10.3. The van der Waals surface area contributed by atoms with E-state index < -0.39 is 0 Å². The van der Waals surface area contributed by atoms with Crippen molar-refractivity contribution in [1.82, 2.24) is 3.53 Å². The number of nitrogens with one attached hydrogen (secondary N) is 1. The van der Waals surface area contributed by atoms with Crippen molar-refractivity contribution in [2.45, 2.75) is 6.92 Å². The van der Waals surface area contributed by atoms with Gasteiger partial charge in [-0.15, -0.1) is 0 Å². The minimum atomic E-state index is 1.25. The van der Waals surface area contributed by atoms with Gasteiger partial charge in [-0.25, -0.2) is 0 Å². The minimum Gasteiger partial charge on any atom is -0.335 e. The van der Waals surface area contributed by atoms with Crippen molar-refractivity contribution in [3.8, 4) is 0 Å². The molecular formula is C7H9I2N. The molecule has 0 unspecified atom stereocenters. The molecule has 0 heterocycles. The average Bonchev–Trinajstić information content (AvgIpc) is 1.89. The van der Waals surface area contributed by atoms with E-state index in [-0.39, 0.29) is 0 Å². The number of hydrogen-bond donors (Lipinski definition) is 1. The van der Waals surface area contributed by atoms with Crippen LogP contribution in [-0.2, 0) is 0 Å². The summed E-state index contributed by atoms with van der Waals surface area (Å²) in [7, 11) is 0. The number of rotatable bonds is 3. The van der Waals surface area contributed by atoms with E-state index in [1.807, 2.05) is 22.4 Å². The molecule has 56 valence electrons. The molecule has 0 aliphatic rings. The van der Waals surface area contributed by atoms with E-state index in [1.54, 1.807) is 0 Å². The molecule has 0 saturated carbocycles. The summed E-state index contributed by atoms with van der Waals surface area (Å²) in [5.41, 5.74) is 1.25. The molecule has 0 aliphatic heterocycles. The fraction of sp³-hybridized carbons (Fsp3) is 0.143. The molecule has 0 aliphatic carbocycles. The predicted molar refractivity (Wildman–Crippen MR) is 63.2 cm³/mol. The summed E-state index contributed by atoms with van der Waals surface area (Å²) < 4.78 is 4.88. The molecular weight excluding hydrogens is 352 g/mol. The molecule has 1 N–H and O–H groups in total. The third kappa shape index (κ3) is 6.60. The Morgan fingerprint density at radius 1 is 1.50 bits per heavy atom. The van der Waals surface area contributed by atoms with Crippen LogP contribution in [0.1, 0.15) is 6.92 Å². The van der Waals surface area contributed by atoms with Gasteiger partial charge in [0.15, 0.2) is 0 Å². The number of allylic oxidation sites excluding steroid dienone is 4. The zero-order chi connectivity index (χ0) is 7.82. The molecule has 0 atom stereocenters. The Balaban J connectivity index is 3.79. The minimum absolute atomic E-state index is 1.25. The molecule has 0 aromatic heterocycles. The van der Waals surface area contributed by atoms with Crippen molar-refractivity contribution in [1.29, 1.82) is 0 Å². The van der Waals surface area contributed by atoms with E-state index in [0.717, 1.165) is 0 Å². The van der Waals surface area contributed by atoms with Crippen LogP contribution in [0.15, 0.2) is 34.1 Å². The van der Waals surface area contributed by atoms with Crippen LogP contribution >= 0.6 is 45.5 Å². The molecule has 3 heteroatoms. The van der Waals surface area contributed by atoms with Crippen molar-refractivity contribution in [2.24, 2.45) is 0 Å². The van der Waals surface area contributed by atoms with Crippen LogP contribution in [0.25, 0.3) is 0 Å². The predicted octanol–water partition coefficient (Wildman–Crippen LogP) is 3.33. The first-order chi connectivity index (χ1) is 4.81. The van der Waals surface area contributed by atoms with Gasteiger partial charge in [0.2, 0.25) is 0 Å². The second kappa shape index (κ2) is 7.59. The lowest BCUT2D eigenvalue weighted by Crippen LogP contribution is -1.76. The maximum atomic E-state index is 2.88. The largest absolute Gasteiger partial charge is 0.335 e. The highest BCUT2D eigenvalue weighted by Crippen LogP contribution is 1.97. The normalized spacial score (nSPS) is 13.3. The van der Waals surface area contributed by atoms with E-state index in [1.165, 1.54) is 5.57 Å². The Morgan fingerprint density at radius 3 is 2.70 bits per heavy atom. The summed E-state index contributed by atoms with van der Waals surface area (Å²) in [6, 6.07) is 0. The summed E-state index contributed by atoms with van der Waals surface area (Å²) in [5.74, 6) is 0. The topological polar surface area (TPSA) is 12.0 Å². The van der Waals surface area contributed by atoms with Crippen LogP contribution in [-0.4, -0.2) is 0 Å². The highest BCUT2D eigenvalue weighted by molar-refractivity contribution is 14.1. The third-order valence-corrected chi connectivity index (χ3v) is 1.56. The molecule has 0 amide bonds. The molecule has 1 nitrogen and oxygen atoms in total. The van der Waals surface area contributed by atoms with Crippen LogP contribution in [0, 0.1) is 0 Å². The molecule has 0 spiro atoms. The quantitative estimate of drug-likeness (QED) is 0.462. The first-order valence-electron chi connectivity index (χ1n) is 2.77. The summed E-state index contributed by atoms with van der Waals surface area (Å²) >= 11 is 4.27. The number of hydrogen-bond acceptors (Lipinski definition) is 1. The second-order valence-electron chi connectivity index (χ2n) is 1.67. The van der Waals surface area contributed by atoms with Crippen LogP contribution < -0.4 is 3.53 Å². The first-order valence-corrected chi connectivity index (χ1v) is 5.10. The summed E-state index contributed by atoms with van der Waals surface area (Å²) in [4.78, 5) is 0. The Labute approximate surface area is 89.3 Å². The van der Waals surface area contributed by atoms with Crippen LogP contribution in [0.2, 0.25) is 0 Å². The fourth-order valence-corrected chi connectivity index (χ4v) is 1.17. The van der Waals surface area contributed by atoms with Crippen molar-refractivity contribution in [3.05, 3.63) is 34.1 Å². The molecule has 0 aromatic rings. The lowest BCUT2D eigenvalue weighted by Gasteiger charge is -1.84. The Morgan fingerprint density at radius 2 is 2.20 bits per heavy atom. The van der Waals surface area contributed by atoms with Gasteiger partial charge in [-0.1, -0.05) is 40.3 Å². The molecule has 10 heavy (non-hydrogen) atoms. The number of halogens is 2. The van der Waals surface area contributed by atoms with Gasteiger partial charge in [0, 0.05) is 6.20 Å². The van der Waals surface area contributed by atoms with Crippen molar-refractivity contribution >= 4 is 45.5 Å². The summed E-state index contributed by atoms with van der Waals surface area (Å²) in [5, 5.41) is 0. The second-order valence-corrected chi connectivity index (χ2v) is 3.01. The Kier molecular flexibility index (Phi) is 7.95. The van der Waals surface area contributed by atoms with Crippen molar-refractivity contribution in [3.63, 3.8) is 0 Å². The molecule has 0 saturated heterocycles. The van der Waals surface area contributed by atoms with Gasteiger partial charge in [-0.05, 0) is 17.1 Å².